The first-order valence-electron chi connectivity index (χ1n) is 8.09. The molecule has 0 unspecified atom stereocenters. The third-order valence-corrected chi connectivity index (χ3v) is 5.09. The van der Waals surface area contributed by atoms with E-state index < -0.39 is 11.8 Å². The van der Waals surface area contributed by atoms with Crippen molar-refractivity contribution in [2.24, 2.45) is 0 Å². The van der Waals surface area contributed by atoms with Crippen molar-refractivity contribution >= 4 is 39.8 Å². The van der Waals surface area contributed by atoms with E-state index in [0.29, 0.717) is 6.42 Å². The number of benzene rings is 2. The molecule has 0 saturated carbocycles. The number of carbonyl (C=O) groups is 2. The third-order valence-electron chi connectivity index (χ3n) is 3.96. The first-order valence-corrected chi connectivity index (χ1v) is 9.35. The lowest BCUT2D eigenvalue weighted by atomic mass is 10.0. The summed E-state index contributed by atoms with van der Waals surface area (Å²) in [5, 5.41) is 14.1. The van der Waals surface area contributed by atoms with Crippen molar-refractivity contribution in [1.29, 1.82) is 0 Å². The summed E-state index contributed by atoms with van der Waals surface area (Å²) in [5.41, 5.74) is 1.22. The SMILES string of the molecule is O=C(CCc1ccccc1)Nc1scc(-c2ccc(Cl)cc2F)c1C(=O)O. The van der Waals surface area contributed by atoms with Crippen molar-refractivity contribution in [2.75, 3.05) is 5.32 Å². The van der Waals surface area contributed by atoms with Gasteiger partial charge in [-0.25, -0.2) is 9.18 Å². The van der Waals surface area contributed by atoms with Gasteiger partial charge in [-0.1, -0.05) is 41.9 Å². The quantitative estimate of drug-likeness (QED) is 0.573. The van der Waals surface area contributed by atoms with Crippen molar-refractivity contribution in [1.82, 2.24) is 0 Å². The average Bonchev–Trinajstić information content (AvgIpc) is 3.04. The van der Waals surface area contributed by atoms with Gasteiger partial charge in [-0.05, 0) is 30.2 Å². The van der Waals surface area contributed by atoms with Crippen LogP contribution in [0.2, 0.25) is 5.02 Å². The minimum Gasteiger partial charge on any atom is -0.478 e. The van der Waals surface area contributed by atoms with Gasteiger partial charge in [0, 0.05) is 28.0 Å². The molecule has 3 rings (SSSR count). The number of thiophene rings is 1. The van der Waals surface area contributed by atoms with E-state index in [4.69, 9.17) is 11.6 Å². The van der Waals surface area contributed by atoms with E-state index >= 15 is 0 Å². The van der Waals surface area contributed by atoms with Crippen molar-refractivity contribution in [2.45, 2.75) is 12.8 Å². The number of anilines is 1. The minimum atomic E-state index is -1.24. The van der Waals surface area contributed by atoms with E-state index in [1.165, 1.54) is 17.5 Å². The van der Waals surface area contributed by atoms with Crippen molar-refractivity contribution in [3.05, 3.63) is 75.9 Å². The molecule has 0 aliphatic heterocycles. The van der Waals surface area contributed by atoms with Crippen molar-refractivity contribution < 1.29 is 19.1 Å². The molecule has 0 fully saturated rings. The molecular formula is C20H15ClFNO3S. The number of rotatable bonds is 6. The monoisotopic (exact) mass is 403 g/mol. The summed E-state index contributed by atoms with van der Waals surface area (Å²) in [4.78, 5) is 24.0. The molecule has 27 heavy (non-hydrogen) atoms. The Kier molecular flexibility index (Phi) is 5.88. The molecule has 4 nitrogen and oxygen atoms in total. The van der Waals surface area contributed by atoms with E-state index in [1.54, 1.807) is 0 Å². The summed E-state index contributed by atoms with van der Waals surface area (Å²) >= 11 is 6.81. The fourth-order valence-corrected chi connectivity index (χ4v) is 3.79. The standard InChI is InChI=1S/C20H15ClFNO3S/c21-13-7-8-14(16(22)10-13)15-11-27-19(18(15)20(25)26)23-17(24)9-6-12-4-2-1-3-5-12/h1-5,7-8,10-11H,6,9H2,(H,23,24)(H,25,26). The van der Waals surface area contributed by atoms with Crippen LogP contribution in [0.15, 0.2) is 53.9 Å². The predicted molar refractivity (Wildman–Crippen MR) is 105 cm³/mol. The van der Waals surface area contributed by atoms with Crippen LogP contribution in [0.1, 0.15) is 22.3 Å². The number of carbonyl (C=O) groups excluding carboxylic acids is 1. The summed E-state index contributed by atoms with van der Waals surface area (Å²) in [5.74, 6) is -2.16. The molecule has 0 atom stereocenters. The molecular weight excluding hydrogens is 389 g/mol. The van der Waals surface area contributed by atoms with Crippen LogP contribution in [0.5, 0.6) is 0 Å². The number of hydrogen-bond donors (Lipinski definition) is 2. The lowest BCUT2D eigenvalue weighted by molar-refractivity contribution is -0.116. The van der Waals surface area contributed by atoms with Crippen LogP contribution in [0.4, 0.5) is 9.39 Å². The molecule has 3 aromatic rings. The molecule has 2 N–H and O–H groups in total. The zero-order chi connectivity index (χ0) is 19.4. The number of hydrogen-bond acceptors (Lipinski definition) is 3. The highest BCUT2D eigenvalue weighted by molar-refractivity contribution is 7.15. The summed E-state index contributed by atoms with van der Waals surface area (Å²) in [6.07, 6.45) is 0.755. The van der Waals surface area contributed by atoms with Gasteiger partial charge in [0.15, 0.2) is 0 Å². The Morgan fingerprint density at radius 3 is 2.52 bits per heavy atom. The molecule has 1 heterocycles. The Balaban J connectivity index is 1.81. The van der Waals surface area contributed by atoms with Crippen LogP contribution in [-0.2, 0) is 11.2 Å². The first-order chi connectivity index (χ1) is 13.0. The maximum Gasteiger partial charge on any atom is 0.339 e. The molecule has 0 saturated heterocycles. The average molecular weight is 404 g/mol. The largest absolute Gasteiger partial charge is 0.478 e. The number of amides is 1. The second-order valence-corrected chi connectivity index (χ2v) is 7.13. The lowest BCUT2D eigenvalue weighted by Gasteiger charge is -2.07. The summed E-state index contributed by atoms with van der Waals surface area (Å²) < 4.78 is 14.2. The van der Waals surface area contributed by atoms with Gasteiger partial charge in [0.1, 0.15) is 16.4 Å². The molecule has 0 aliphatic rings. The van der Waals surface area contributed by atoms with Crippen molar-refractivity contribution in [3.8, 4) is 11.1 Å². The number of aryl methyl sites for hydroxylation is 1. The second kappa shape index (κ2) is 8.33. The third kappa shape index (κ3) is 4.53. The first kappa shape index (κ1) is 19.1. The van der Waals surface area contributed by atoms with E-state index in [-0.39, 0.29) is 39.0 Å². The van der Waals surface area contributed by atoms with E-state index in [0.717, 1.165) is 23.0 Å². The number of nitrogens with one attached hydrogen (secondary N) is 1. The van der Waals surface area contributed by atoms with E-state index in [2.05, 4.69) is 5.32 Å². The molecule has 138 valence electrons. The van der Waals surface area contributed by atoms with E-state index in [1.807, 2.05) is 30.3 Å². The smallest absolute Gasteiger partial charge is 0.339 e. The van der Waals surface area contributed by atoms with Gasteiger partial charge in [0.2, 0.25) is 5.91 Å². The van der Waals surface area contributed by atoms with Crippen LogP contribution in [0, 0.1) is 5.82 Å². The normalized spacial score (nSPS) is 10.6. The zero-order valence-electron chi connectivity index (χ0n) is 14.0. The molecule has 0 aliphatic carbocycles. The summed E-state index contributed by atoms with van der Waals surface area (Å²) in [6, 6.07) is 13.5. The van der Waals surface area contributed by atoms with Crippen LogP contribution in [0.3, 0.4) is 0 Å². The number of aromatic carboxylic acids is 1. The molecule has 1 aromatic heterocycles. The summed E-state index contributed by atoms with van der Waals surface area (Å²) in [6.45, 7) is 0. The Morgan fingerprint density at radius 1 is 1.11 bits per heavy atom. The van der Waals surface area contributed by atoms with E-state index in [9.17, 15) is 19.1 Å². The Hall–Kier alpha value is -2.70. The Bertz CT molecular complexity index is 988. The maximum absolute atomic E-state index is 14.2. The van der Waals surface area contributed by atoms with Gasteiger partial charge >= 0.3 is 5.97 Å². The molecule has 0 bridgehead atoms. The van der Waals surface area contributed by atoms with Crippen LogP contribution in [0.25, 0.3) is 11.1 Å². The summed E-state index contributed by atoms with van der Waals surface area (Å²) in [7, 11) is 0. The second-order valence-electron chi connectivity index (χ2n) is 5.82. The van der Waals surface area contributed by atoms with Gasteiger partial charge < -0.3 is 10.4 Å². The molecule has 0 spiro atoms. The number of carboxylic acid groups (broad SMARTS) is 1. The van der Waals surface area contributed by atoms with Crippen LogP contribution < -0.4 is 5.32 Å². The van der Waals surface area contributed by atoms with Gasteiger partial charge in [-0.15, -0.1) is 11.3 Å². The highest BCUT2D eigenvalue weighted by Gasteiger charge is 2.22. The lowest BCUT2D eigenvalue weighted by Crippen LogP contribution is -2.14. The van der Waals surface area contributed by atoms with Gasteiger partial charge in [-0.3, -0.25) is 4.79 Å². The Morgan fingerprint density at radius 2 is 1.85 bits per heavy atom. The van der Waals surface area contributed by atoms with Crippen molar-refractivity contribution in [3.63, 3.8) is 0 Å². The predicted octanol–water partition coefficient (Wildman–Crippen LogP) is 5.48. The van der Waals surface area contributed by atoms with Gasteiger partial charge in [0.25, 0.3) is 0 Å². The topological polar surface area (TPSA) is 66.4 Å². The maximum atomic E-state index is 14.2. The fraction of sp³-hybridized carbons (Fsp3) is 0.100. The molecule has 2 aromatic carbocycles. The molecule has 1 amide bonds. The Labute approximate surface area is 164 Å². The molecule has 0 radical (unpaired) electrons. The van der Waals surface area contributed by atoms with Crippen LogP contribution >= 0.6 is 22.9 Å². The van der Waals surface area contributed by atoms with Gasteiger partial charge in [-0.2, -0.15) is 0 Å². The van der Waals surface area contributed by atoms with Crippen LogP contribution in [-0.4, -0.2) is 17.0 Å². The fourth-order valence-electron chi connectivity index (χ4n) is 2.66. The highest BCUT2D eigenvalue weighted by atomic mass is 35.5. The molecule has 7 heteroatoms. The number of carboxylic acids is 1. The highest BCUT2D eigenvalue weighted by Crippen LogP contribution is 2.37. The minimum absolute atomic E-state index is 0.123. The number of halogens is 2. The zero-order valence-corrected chi connectivity index (χ0v) is 15.6. The van der Waals surface area contributed by atoms with Gasteiger partial charge in [0.05, 0.1) is 0 Å².